The number of benzene rings is 2. The smallest absolute Gasteiger partial charge is 0.269 e. The van der Waals surface area contributed by atoms with Gasteiger partial charge in [0.1, 0.15) is 22.7 Å². The molecule has 0 saturated carbocycles. The minimum absolute atomic E-state index is 0.277. The van der Waals surface area contributed by atoms with Crippen LogP contribution >= 0.6 is 0 Å². The van der Waals surface area contributed by atoms with Gasteiger partial charge in [-0.3, -0.25) is 9.78 Å². The van der Waals surface area contributed by atoms with E-state index in [1.165, 1.54) is 11.8 Å². The number of carbonyl (C=O) groups excluding carboxylic acids is 1. The van der Waals surface area contributed by atoms with Crippen LogP contribution in [0.25, 0.3) is 11.0 Å². The van der Waals surface area contributed by atoms with Gasteiger partial charge in [0.25, 0.3) is 5.91 Å². The lowest BCUT2D eigenvalue weighted by Crippen LogP contribution is -2.18. The van der Waals surface area contributed by atoms with Crippen LogP contribution < -0.4 is 15.4 Å². The summed E-state index contributed by atoms with van der Waals surface area (Å²) in [5.74, 6) is 1.19. The number of hydrogen-bond donors (Lipinski definition) is 2. The predicted molar refractivity (Wildman–Crippen MR) is 109 cm³/mol. The number of amides is 1. The third-order valence-corrected chi connectivity index (χ3v) is 4.16. The van der Waals surface area contributed by atoms with Gasteiger partial charge in [-0.25, -0.2) is 4.98 Å². The molecular weight excluding hydrogens is 368 g/mol. The summed E-state index contributed by atoms with van der Waals surface area (Å²) in [5, 5.41) is 14.0. The number of fused-ring (bicyclic) bond motifs is 1. The Kier molecular flexibility index (Phi) is 4.98. The molecule has 4 rings (SSSR count). The second kappa shape index (κ2) is 7.89. The van der Waals surface area contributed by atoms with Gasteiger partial charge in [-0.1, -0.05) is 17.7 Å². The minimum Gasteiger partial charge on any atom is -0.457 e. The van der Waals surface area contributed by atoms with Gasteiger partial charge in [0.2, 0.25) is 5.95 Å². The van der Waals surface area contributed by atoms with E-state index in [-0.39, 0.29) is 11.6 Å². The summed E-state index contributed by atoms with van der Waals surface area (Å²) in [4.78, 5) is 20.2. The average Bonchev–Trinajstić information content (AvgIpc) is 2.75. The Morgan fingerprint density at radius 1 is 0.931 bits per heavy atom. The first kappa shape index (κ1) is 18.3. The molecule has 8 heteroatoms. The summed E-state index contributed by atoms with van der Waals surface area (Å²) in [6.07, 6.45) is 1.52. The first-order chi connectivity index (χ1) is 14.1. The quantitative estimate of drug-likeness (QED) is 0.540. The Labute approximate surface area is 167 Å². The molecular formula is C21H18N6O2. The highest BCUT2D eigenvalue weighted by Gasteiger charge is 2.08. The molecule has 0 aliphatic carbocycles. The highest BCUT2D eigenvalue weighted by atomic mass is 16.5. The summed E-state index contributed by atoms with van der Waals surface area (Å²) in [5.41, 5.74) is 3.62. The van der Waals surface area contributed by atoms with Crippen molar-refractivity contribution in [2.75, 3.05) is 12.4 Å². The van der Waals surface area contributed by atoms with Crippen molar-refractivity contribution in [1.82, 2.24) is 25.5 Å². The number of aryl methyl sites for hydroxylation is 1. The van der Waals surface area contributed by atoms with Crippen LogP contribution in [0.5, 0.6) is 11.5 Å². The van der Waals surface area contributed by atoms with E-state index in [4.69, 9.17) is 4.74 Å². The third-order valence-electron chi connectivity index (χ3n) is 4.16. The van der Waals surface area contributed by atoms with Gasteiger partial charge in [-0.15, -0.1) is 10.2 Å². The molecule has 4 aromatic rings. The Balaban J connectivity index is 1.54. The van der Waals surface area contributed by atoms with E-state index >= 15 is 0 Å². The van der Waals surface area contributed by atoms with Gasteiger partial charge in [-0.05, 0) is 37.3 Å². The zero-order valence-electron chi connectivity index (χ0n) is 15.9. The second-order valence-corrected chi connectivity index (χ2v) is 6.33. The van der Waals surface area contributed by atoms with Crippen molar-refractivity contribution >= 4 is 28.6 Å². The SMILES string of the molecule is CNC(=O)c1cc(Oc2ccc3nc(Nc4ccc(C)cc4)nnc3c2)ccn1. The molecule has 0 saturated heterocycles. The molecule has 0 bridgehead atoms. The van der Waals surface area contributed by atoms with E-state index in [9.17, 15) is 4.79 Å². The summed E-state index contributed by atoms with van der Waals surface area (Å²) in [6.45, 7) is 2.03. The number of carbonyl (C=O) groups is 1. The maximum absolute atomic E-state index is 11.7. The minimum atomic E-state index is -0.280. The van der Waals surface area contributed by atoms with Crippen molar-refractivity contribution in [1.29, 1.82) is 0 Å². The number of aromatic nitrogens is 4. The van der Waals surface area contributed by atoms with Gasteiger partial charge in [0, 0.05) is 31.1 Å². The van der Waals surface area contributed by atoms with E-state index in [1.807, 2.05) is 31.2 Å². The normalized spacial score (nSPS) is 10.6. The van der Waals surface area contributed by atoms with Gasteiger partial charge in [0.15, 0.2) is 0 Å². The number of pyridine rings is 1. The topological polar surface area (TPSA) is 102 Å². The highest BCUT2D eigenvalue weighted by molar-refractivity contribution is 5.92. The second-order valence-electron chi connectivity index (χ2n) is 6.33. The Morgan fingerprint density at radius 2 is 1.72 bits per heavy atom. The van der Waals surface area contributed by atoms with Crippen LogP contribution in [-0.4, -0.2) is 33.1 Å². The fourth-order valence-corrected chi connectivity index (χ4v) is 2.66. The van der Waals surface area contributed by atoms with E-state index in [2.05, 4.69) is 30.8 Å². The zero-order valence-corrected chi connectivity index (χ0v) is 15.9. The zero-order chi connectivity index (χ0) is 20.2. The fourth-order valence-electron chi connectivity index (χ4n) is 2.66. The van der Waals surface area contributed by atoms with Crippen LogP contribution in [0.4, 0.5) is 11.6 Å². The molecule has 0 radical (unpaired) electrons. The molecule has 0 unspecified atom stereocenters. The van der Waals surface area contributed by atoms with Crippen molar-refractivity contribution in [3.8, 4) is 11.5 Å². The molecule has 0 spiro atoms. The standard InChI is InChI=1S/C21H18N6O2/c1-13-3-5-14(6-4-13)24-21-25-17-8-7-15(11-18(17)26-27-21)29-16-9-10-23-19(12-16)20(28)22-2/h3-12H,1-2H3,(H,22,28)(H,24,25,27). The molecule has 0 aliphatic heterocycles. The fraction of sp³-hybridized carbons (Fsp3) is 0.0952. The molecule has 0 fully saturated rings. The van der Waals surface area contributed by atoms with Crippen LogP contribution in [0, 0.1) is 6.92 Å². The largest absolute Gasteiger partial charge is 0.457 e. The molecule has 2 heterocycles. The van der Waals surface area contributed by atoms with Crippen molar-refractivity contribution in [2.24, 2.45) is 0 Å². The van der Waals surface area contributed by atoms with Gasteiger partial charge in [-0.2, -0.15) is 0 Å². The molecule has 144 valence electrons. The van der Waals surface area contributed by atoms with E-state index in [0.29, 0.717) is 28.5 Å². The molecule has 2 aromatic heterocycles. The van der Waals surface area contributed by atoms with E-state index in [1.54, 1.807) is 37.4 Å². The third kappa shape index (κ3) is 4.27. The van der Waals surface area contributed by atoms with Crippen molar-refractivity contribution < 1.29 is 9.53 Å². The summed E-state index contributed by atoms with van der Waals surface area (Å²) in [7, 11) is 1.55. The molecule has 2 N–H and O–H groups in total. The molecule has 2 aromatic carbocycles. The first-order valence-electron chi connectivity index (χ1n) is 8.95. The lowest BCUT2D eigenvalue weighted by molar-refractivity contribution is 0.0958. The average molecular weight is 386 g/mol. The number of ether oxygens (including phenoxy) is 1. The van der Waals surface area contributed by atoms with Crippen molar-refractivity contribution in [3.63, 3.8) is 0 Å². The molecule has 29 heavy (non-hydrogen) atoms. The molecule has 8 nitrogen and oxygen atoms in total. The van der Waals surface area contributed by atoms with Gasteiger partial charge in [0.05, 0.1) is 5.52 Å². The number of rotatable bonds is 5. The van der Waals surface area contributed by atoms with Crippen LogP contribution in [0.1, 0.15) is 16.1 Å². The maximum Gasteiger partial charge on any atom is 0.269 e. The summed E-state index contributed by atoms with van der Waals surface area (Å²) >= 11 is 0. The Hall–Kier alpha value is -4.07. The molecule has 0 atom stereocenters. The van der Waals surface area contributed by atoms with Crippen LogP contribution in [-0.2, 0) is 0 Å². The van der Waals surface area contributed by atoms with E-state index < -0.39 is 0 Å². The van der Waals surface area contributed by atoms with Crippen molar-refractivity contribution in [3.05, 3.63) is 72.1 Å². The van der Waals surface area contributed by atoms with Gasteiger partial charge < -0.3 is 15.4 Å². The number of anilines is 2. The predicted octanol–water partition coefficient (Wildman–Crippen LogP) is 3.62. The number of nitrogens with zero attached hydrogens (tertiary/aromatic N) is 4. The van der Waals surface area contributed by atoms with Crippen molar-refractivity contribution in [2.45, 2.75) is 6.92 Å². The molecule has 1 amide bonds. The Bertz CT molecular complexity index is 1180. The first-order valence-corrected chi connectivity index (χ1v) is 8.95. The van der Waals surface area contributed by atoms with Crippen LogP contribution in [0.2, 0.25) is 0 Å². The number of nitrogens with one attached hydrogen (secondary N) is 2. The monoisotopic (exact) mass is 386 g/mol. The lowest BCUT2D eigenvalue weighted by Gasteiger charge is -2.08. The van der Waals surface area contributed by atoms with E-state index in [0.717, 1.165) is 5.69 Å². The summed E-state index contributed by atoms with van der Waals surface area (Å²) in [6, 6.07) is 16.5. The lowest BCUT2D eigenvalue weighted by atomic mass is 10.2. The van der Waals surface area contributed by atoms with Crippen LogP contribution in [0.3, 0.4) is 0 Å². The van der Waals surface area contributed by atoms with Crippen LogP contribution in [0.15, 0.2) is 60.8 Å². The maximum atomic E-state index is 11.7. The summed E-state index contributed by atoms with van der Waals surface area (Å²) < 4.78 is 5.83. The Morgan fingerprint density at radius 3 is 2.52 bits per heavy atom. The molecule has 0 aliphatic rings. The van der Waals surface area contributed by atoms with Gasteiger partial charge >= 0.3 is 0 Å². The number of hydrogen-bond acceptors (Lipinski definition) is 7. The highest BCUT2D eigenvalue weighted by Crippen LogP contribution is 2.25.